The molecular weight excluding hydrogens is 374 g/mol. The fourth-order valence-corrected chi connectivity index (χ4v) is 3.73. The number of fused-ring (bicyclic) bond motifs is 2. The number of nitrogens with zero attached hydrogens (tertiary/aromatic N) is 3. The average Bonchev–Trinajstić information content (AvgIpc) is 3.31. The maximum atomic E-state index is 12.5. The lowest BCUT2D eigenvalue weighted by Gasteiger charge is -2.14. The van der Waals surface area contributed by atoms with Gasteiger partial charge in [0.15, 0.2) is 5.52 Å². The summed E-state index contributed by atoms with van der Waals surface area (Å²) in [5.74, 6) is 0.276. The molecule has 3 heterocycles. The summed E-state index contributed by atoms with van der Waals surface area (Å²) in [5, 5.41) is 24.6. The Kier molecular flexibility index (Phi) is 4.27. The summed E-state index contributed by atoms with van der Waals surface area (Å²) in [5.41, 5.74) is 0.949. The van der Waals surface area contributed by atoms with E-state index in [1.807, 2.05) is 42.5 Å². The zero-order valence-electron chi connectivity index (χ0n) is 15.3. The van der Waals surface area contributed by atoms with Gasteiger partial charge in [0.1, 0.15) is 18.0 Å². The highest BCUT2D eigenvalue weighted by molar-refractivity contribution is 5.95. The van der Waals surface area contributed by atoms with Crippen molar-refractivity contribution < 1.29 is 14.9 Å². The molecule has 1 fully saturated rings. The topological polar surface area (TPSA) is 125 Å². The van der Waals surface area contributed by atoms with Crippen LogP contribution in [0.1, 0.15) is 12.6 Å². The number of imidazole rings is 1. The maximum Gasteiger partial charge on any atom is 0.302 e. The number of hydrogen-bond donors (Lipinski definition) is 4. The molecule has 0 radical (unpaired) electrons. The Morgan fingerprint density at radius 3 is 2.90 bits per heavy atom. The number of hydrogen-bond acceptors (Lipinski definition) is 7. The summed E-state index contributed by atoms with van der Waals surface area (Å²) in [6.07, 6.45) is -0.241. The predicted molar refractivity (Wildman–Crippen MR) is 107 cm³/mol. The van der Waals surface area contributed by atoms with E-state index < -0.39 is 24.0 Å². The van der Waals surface area contributed by atoms with Crippen molar-refractivity contribution in [2.24, 2.45) is 0 Å². The van der Waals surface area contributed by atoms with E-state index in [-0.39, 0.29) is 24.5 Å². The Hall–Kier alpha value is -3.27. The predicted octanol–water partition coefficient (Wildman–Crippen LogP) is 1.66. The van der Waals surface area contributed by atoms with Gasteiger partial charge in [-0.1, -0.05) is 36.4 Å². The molecule has 148 valence electrons. The van der Waals surface area contributed by atoms with Gasteiger partial charge < -0.3 is 25.3 Å². The van der Waals surface area contributed by atoms with Gasteiger partial charge in [-0.25, -0.2) is 4.98 Å². The molecule has 9 nitrogen and oxygen atoms in total. The monoisotopic (exact) mass is 393 g/mol. The number of anilines is 2. The van der Waals surface area contributed by atoms with E-state index in [9.17, 15) is 15.0 Å². The summed E-state index contributed by atoms with van der Waals surface area (Å²) in [4.78, 5) is 23.8. The van der Waals surface area contributed by atoms with Gasteiger partial charge in [-0.15, -0.1) is 0 Å². The van der Waals surface area contributed by atoms with Crippen molar-refractivity contribution in [1.29, 1.82) is 0 Å². The standard InChI is InChI=1S/C20H19N5O4/c26-9-15-14(27)8-16(29-15)25-10-21-17-18(25)23-20(24-19(17)28)22-13-7-3-5-11-4-1-2-6-12(11)13/h1-7,10,14-16,26-27H,8-9H2,(H2,22,23,24,28). The first kappa shape index (κ1) is 17.8. The molecule has 1 aliphatic rings. The van der Waals surface area contributed by atoms with Crippen molar-refractivity contribution >= 4 is 33.6 Å². The Labute approximate surface area is 164 Å². The van der Waals surface area contributed by atoms with Crippen LogP contribution in [-0.4, -0.2) is 48.5 Å². The highest BCUT2D eigenvalue weighted by Gasteiger charge is 2.35. The van der Waals surface area contributed by atoms with Crippen LogP contribution in [0.5, 0.6) is 0 Å². The summed E-state index contributed by atoms with van der Waals surface area (Å²) in [6.45, 7) is -0.281. The number of ether oxygens (including phenoxy) is 1. The third-order valence-corrected chi connectivity index (χ3v) is 5.18. The Morgan fingerprint density at radius 1 is 1.24 bits per heavy atom. The zero-order valence-corrected chi connectivity index (χ0v) is 15.3. The first-order chi connectivity index (χ1) is 14.1. The molecule has 0 bridgehead atoms. The lowest BCUT2D eigenvalue weighted by Crippen LogP contribution is -2.24. The van der Waals surface area contributed by atoms with Gasteiger partial charge >= 0.3 is 5.56 Å². The second-order valence-corrected chi connectivity index (χ2v) is 7.01. The van der Waals surface area contributed by atoms with Crippen LogP contribution in [0, 0.1) is 0 Å². The number of rotatable bonds is 4. The van der Waals surface area contributed by atoms with Crippen LogP contribution in [0.15, 0.2) is 53.6 Å². The van der Waals surface area contributed by atoms with Gasteiger partial charge in [-0.05, 0) is 11.5 Å². The molecule has 1 saturated heterocycles. The van der Waals surface area contributed by atoms with Gasteiger partial charge in [0.05, 0.1) is 19.0 Å². The zero-order chi connectivity index (χ0) is 20.0. The number of benzene rings is 2. The van der Waals surface area contributed by atoms with E-state index >= 15 is 0 Å². The molecule has 4 aromatic rings. The highest BCUT2D eigenvalue weighted by Crippen LogP contribution is 2.31. The molecule has 5 rings (SSSR count). The fraction of sp³-hybridized carbons (Fsp3) is 0.250. The van der Waals surface area contributed by atoms with Gasteiger partial charge in [0, 0.05) is 17.5 Å². The molecule has 1 aliphatic heterocycles. The lowest BCUT2D eigenvalue weighted by atomic mass is 10.1. The van der Waals surface area contributed by atoms with Crippen molar-refractivity contribution in [3.63, 3.8) is 0 Å². The average molecular weight is 393 g/mol. The van der Waals surface area contributed by atoms with Gasteiger partial charge in [0.2, 0.25) is 5.95 Å². The Bertz CT molecular complexity index is 1250. The molecule has 29 heavy (non-hydrogen) atoms. The van der Waals surface area contributed by atoms with E-state index in [0.717, 1.165) is 16.5 Å². The summed E-state index contributed by atoms with van der Waals surface area (Å²) >= 11 is 0. The third kappa shape index (κ3) is 3.05. The number of nitrogens with one attached hydrogen (secondary N) is 2. The van der Waals surface area contributed by atoms with E-state index in [4.69, 9.17) is 4.74 Å². The number of H-pyrrole nitrogens is 1. The fourth-order valence-electron chi connectivity index (χ4n) is 3.73. The van der Waals surface area contributed by atoms with Crippen molar-refractivity contribution in [1.82, 2.24) is 19.5 Å². The Morgan fingerprint density at radius 2 is 2.07 bits per heavy atom. The molecular formula is C20H19N5O4. The van der Waals surface area contributed by atoms with E-state index in [1.54, 1.807) is 4.57 Å². The quantitative estimate of drug-likeness (QED) is 0.415. The summed E-state index contributed by atoms with van der Waals surface area (Å²) in [6, 6.07) is 13.8. The van der Waals surface area contributed by atoms with Crippen LogP contribution in [0.3, 0.4) is 0 Å². The molecule has 4 N–H and O–H groups in total. The van der Waals surface area contributed by atoms with Crippen LogP contribution >= 0.6 is 0 Å². The van der Waals surface area contributed by atoms with Crippen molar-refractivity contribution in [3.05, 3.63) is 59.1 Å². The smallest absolute Gasteiger partial charge is 0.302 e. The van der Waals surface area contributed by atoms with Crippen molar-refractivity contribution in [3.8, 4) is 0 Å². The molecule has 2 aromatic heterocycles. The van der Waals surface area contributed by atoms with E-state index in [2.05, 4.69) is 20.3 Å². The minimum atomic E-state index is -0.788. The van der Waals surface area contributed by atoms with Gasteiger partial charge in [-0.2, -0.15) is 4.98 Å². The normalized spacial score (nSPS) is 21.8. The van der Waals surface area contributed by atoms with Gasteiger partial charge in [-0.3, -0.25) is 9.36 Å². The molecule has 0 saturated carbocycles. The van der Waals surface area contributed by atoms with Crippen LogP contribution in [0.25, 0.3) is 21.9 Å². The minimum Gasteiger partial charge on any atom is -0.394 e. The molecule has 3 unspecified atom stereocenters. The molecule has 3 atom stereocenters. The van der Waals surface area contributed by atoms with Gasteiger partial charge in [0.25, 0.3) is 0 Å². The minimum absolute atomic E-state index is 0.180. The molecule has 0 aliphatic carbocycles. The first-order valence-corrected chi connectivity index (χ1v) is 9.30. The molecule has 0 spiro atoms. The van der Waals surface area contributed by atoms with Crippen molar-refractivity contribution in [2.75, 3.05) is 11.9 Å². The summed E-state index contributed by atoms with van der Waals surface area (Å²) < 4.78 is 7.34. The second kappa shape index (κ2) is 6.96. The number of aromatic amines is 1. The van der Waals surface area contributed by atoms with Crippen LogP contribution < -0.4 is 10.9 Å². The number of aliphatic hydroxyl groups is 2. The second-order valence-electron chi connectivity index (χ2n) is 7.01. The van der Waals surface area contributed by atoms with Crippen molar-refractivity contribution in [2.45, 2.75) is 24.9 Å². The van der Waals surface area contributed by atoms with Crippen LogP contribution in [0.2, 0.25) is 0 Å². The lowest BCUT2D eigenvalue weighted by molar-refractivity contribution is -0.0432. The van der Waals surface area contributed by atoms with E-state index in [1.165, 1.54) is 6.33 Å². The molecule has 0 amide bonds. The Balaban J connectivity index is 1.55. The maximum absolute atomic E-state index is 12.5. The van der Waals surface area contributed by atoms with Crippen LogP contribution in [0.4, 0.5) is 11.6 Å². The number of aliphatic hydroxyl groups excluding tert-OH is 2. The third-order valence-electron chi connectivity index (χ3n) is 5.18. The molecule has 2 aromatic carbocycles. The largest absolute Gasteiger partial charge is 0.394 e. The first-order valence-electron chi connectivity index (χ1n) is 9.30. The molecule has 9 heteroatoms. The SMILES string of the molecule is O=c1nc(Nc2cccc3ccccc23)[nH]c2c1ncn2C1CC(O)C(CO)O1. The number of aromatic nitrogens is 4. The summed E-state index contributed by atoms with van der Waals surface area (Å²) in [7, 11) is 0. The van der Waals surface area contributed by atoms with E-state index in [0.29, 0.717) is 5.65 Å². The van der Waals surface area contributed by atoms with Crippen LogP contribution in [-0.2, 0) is 4.74 Å². The highest BCUT2D eigenvalue weighted by atomic mass is 16.5.